The fourth-order valence-electron chi connectivity index (χ4n) is 6.28. The fourth-order valence-corrected chi connectivity index (χ4v) is 6.28. The van der Waals surface area contributed by atoms with Gasteiger partial charge in [0.25, 0.3) is 5.91 Å². The lowest BCUT2D eigenvalue weighted by Crippen LogP contribution is -2.75. The lowest BCUT2D eigenvalue weighted by molar-refractivity contribution is -0.145. The number of halogens is 1. The molecule has 0 bridgehead atoms. The third-order valence-corrected chi connectivity index (χ3v) is 8.15. The number of para-hydroxylation sites is 1. The van der Waals surface area contributed by atoms with Crippen LogP contribution in [-0.4, -0.2) is 55.2 Å². The van der Waals surface area contributed by atoms with Gasteiger partial charge in [0.1, 0.15) is 5.82 Å². The Hall–Kier alpha value is -4.44. The van der Waals surface area contributed by atoms with Crippen LogP contribution in [0, 0.1) is 11.2 Å². The summed E-state index contributed by atoms with van der Waals surface area (Å²) >= 11 is 0. The Balaban J connectivity index is 1.27. The third kappa shape index (κ3) is 3.66. The molecule has 0 saturated carbocycles. The maximum Gasteiger partial charge on any atom is 0.335 e. The van der Waals surface area contributed by atoms with Crippen molar-refractivity contribution in [2.75, 3.05) is 36.2 Å². The molecule has 4 heterocycles. The highest BCUT2D eigenvalue weighted by Crippen LogP contribution is 2.46. The second kappa shape index (κ2) is 8.81. The van der Waals surface area contributed by atoms with E-state index in [0.29, 0.717) is 37.7 Å². The molecule has 10 heteroatoms. The number of piperazine rings is 1. The van der Waals surface area contributed by atoms with Crippen LogP contribution in [0.3, 0.4) is 0 Å². The van der Waals surface area contributed by atoms with E-state index >= 15 is 0 Å². The first-order chi connectivity index (χ1) is 18.9. The topological polar surface area (TPSA) is 91.4 Å². The molecule has 1 spiro atoms. The molecule has 0 radical (unpaired) electrons. The summed E-state index contributed by atoms with van der Waals surface area (Å²) in [6.45, 7) is 2.52. The van der Waals surface area contributed by atoms with Gasteiger partial charge in [-0.3, -0.25) is 19.8 Å². The number of carbonyl (C=O) groups excluding carboxylic acids is 3. The summed E-state index contributed by atoms with van der Waals surface area (Å²) in [4.78, 5) is 46.4. The first kappa shape index (κ1) is 23.7. The van der Waals surface area contributed by atoms with E-state index in [-0.39, 0.29) is 18.9 Å². The fraction of sp³-hybridized carbons (Fsp3) is 0.276. The maximum atomic E-state index is 14.3. The molecule has 4 amide bonds. The van der Waals surface area contributed by atoms with E-state index in [2.05, 4.69) is 15.1 Å². The molecule has 198 valence electrons. The van der Waals surface area contributed by atoms with Gasteiger partial charge in [0, 0.05) is 31.9 Å². The Kier molecular flexibility index (Phi) is 5.34. The maximum absolute atomic E-state index is 14.3. The molecule has 3 aromatic carbocycles. The molecule has 4 aliphatic heterocycles. The average molecular weight is 529 g/mol. The predicted octanol–water partition coefficient (Wildman–Crippen LogP) is 3.07. The van der Waals surface area contributed by atoms with Gasteiger partial charge in [0.15, 0.2) is 16.9 Å². The molecule has 0 unspecified atom stereocenters. The number of fused-ring (bicyclic) bond motifs is 5. The number of ether oxygens (including phenoxy) is 2. The van der Waals surface area contributed by atoms with Gasteiger partial charge in [-0.2, -0.15) is 0 Å². The monoisotopic (exact) mass is 528 g/mol. The second-order valence-corrected chi connectivity index (χ2v) is 10.3. The van der Waals surface area contributed by atoms with Crippen molar-refractivity contribution in [3.8, 4) is 11.5 Å². The molecule has 3 aromatic rings. The first-order valence-corrected chi connectivity index (χ1v) is 12.8. The van der Waals surface area contributed by atoms with Crippen LogP contribution in [0.15, 0.2) is 66.7 Å². The molecule has 2 atom stereocenters. The van der Waals surface area contributed by atoms with Crippen LogP contribution in [0.25, 0.3) is 0 Å². The summed E-state index contributed by atoms with van der Waals surface area (Å²) < 4.78 is 24.6. The van der Waals surface area contributed by atoms with Gasteiger partial charge in [-0.1, -0.05) is 24.3 Å². The highest BCUT2D eigenvalue weighted by atomic mass is 19.1. The van der Waals surface area contributed by atoms with E-state index < -0.39 is 35.1 Å². The van der Waals surface area contributed by atoms with E-state index in [4.69, 9.17) is 9.47 Å². The number of amides is 4. The standard InChI is InChI=1S/C29H25FN4O5/c30-20-6-8-21(9-7-20)34-27(36)29(26(35)31-28(34)37)14-19-3-1-2-4-22(19)33-12-11-32(16-25(29)33)15-18-5-10-23-24(13-18)39-17-38-23/h1-10,13,25H,11-12,14-17H2,(H,31,35,37)/t25-,29+/m0/s1. The van der Waals surface area contributed by atoms with E-state index in [1.54, 1.807) is 0 Å². The SMILES string of the molecule is O=C1NC(=O)[C@]2(Cc3ccccc3N3CCN(Cc4ccc5c(c4)OCO5)C[C@H]32)C(=O)N1c1ccc(F)cc1. The van der Waals surface area contributed by atoms with Crippen LogP contribution >= 0.6 is 0 Å². The first-order valence-electron chi connectivity index (χ1n) is 12.8. The van der Waals surface area contributed by atoms with Crippen LogP contribution in [0.5, 0.6) is 11.5 Å². The quantitative estimate of drug-likeness (QED) is 0.523. The molecule has 2 fully saturated rings. The Labute approximate surface area is 223 Å². The van der Waals surface area contributed by atoms with Crippen LogP contribution in [0.2, 0.25) is 0 Å². The summed E-state index contributed by atoms with van der Waals surface area (Å²) in [6.07, 6.45) is 0.151. The summed E-state index contributed by atoms with van der Waals surface area (Å²) in [5.74, 6) is -0.285. The molecule has 7 rings (SSSR count). The molecule has 39 heavy (non-hydrogen) atoms. The number of barbiturate groups is 1. The number of nitrogens with zero attached hydrogens (tertiary/aromatic N) is 3. The van der Waals surface area contributed by atoms with Crippen molar-refractivity contribution in [1.29, 1.82) is 0 Å². The third-order valence-electron chi connectivity index (χ3n) is 8.15. The zero-order valence-corrected chi connectivity index (χ0v) is 20.9. The highest BCUT2D eigenvalue weighted by molar-refractivity contribution is 6.30. The smallest absolute Gasteiger partial charge is 0.335 e. The van der Waals surface area contributed by atoms with Crippen molar-refractivity contribution in [1.82, 2.24) is 10.2 Å². The summed E-state index contributed by atoms with van der Waals surface area (Å²) in [7, 11) is 0. The predicted molar refractivity (Wildman–Crippen MR) is 139 cm³/mol. The van der Waals surface area contributed by atoms with Gasteiger partial charge in [-0.05, 0) is 60.0 Å². The summed E-state index contributed by atoms with van der Waals surface area (Å²) in [6, 6.07) is 17.4. The number of carbonyl (C=O) groups is 3. The van der Waals surface area contributed by atoms with E-state index in [9.17, 15) is 18.8 Å². The number of rotatable bonds is 3. The molecule has 0 aromatic heterocycles. The largest absolute Gasteiger partial charge is 0.454 e. The number of anilines is 2. The number of hydrogen-bond acceptors (Lipinski definition) is 7. The van der Waals surface area contributed by atoms with Gasteiger partial charge in [-0.15, -0.1) is 0 Å². The lowest BCUT2D eigenvalue weighted by Gasteiger charge is -2.55. The Morgan fingerprint density at radius 1 is 0.949 bits per heavy atom. The van der Waals surface area contributed by atoms with Crippen molar-refractivity contribution >= 4 is 29.2 Å². The van der Waals surface area contributed by atoms with E-state index in [0.717, 1.165) is 21.7 Å². The Bertz CT molecular complexity index is 1510. The number of urea groups is 1. The number of nitrogens with one attached hydrogen (secondary N) is 1. The van der Waals surface area contributed by atoms with E-state index in [1.807, 2.05) is 42.5 Å². The summed E-state index contributed by atoms with van der Waals surface area (Å²) in [5.41, 5.74) is 1.55. The van der Waals surface area contributed by atoms with Gasteiger partial charge in [-0.25, -0.2) is 14.1 Å². The van der Waals surface area contributed by atoms with Gasteiger partial charge < -0.3 is 14.4 Å². The molecule has 1 N–H and O–H groups in total. The van der Waals surface area contributed by atoms with Gasteiger partial charge in [0.05, 0.1) is 11.7 Å². The zero-order chi connectivity index (χ0) is 26.7. The minimum atomic E-state index is -1.55. The summed E-state index contributed by atoms with van der Waals surface area (Å²) in [5, 5.41) is 2.45. The normalized spacial score (nSPS) is 24.0. The Morgan fingerprint density at radius 2 is 1.74 bits per heavy atom. The van der Waals surface area contributed by atoms with E-state index in [1.165, 1.54) is 24.3 Å². The van der Waals surface area contributed by atoms with Crippen molar-refractivity contribution in [2.45, 2.75) is 19.0 Å². The molecule has 9 nitrogen and oxygen atoms in total. The number of imide groups is 2. The minimum Gasteiger partial charge on any atom is -0.454 e. The van der Waals surface area contributed by atoms with Crippen molar-refractivity contribution < 1.29 is 28.2 Å². The van der Waals surface area contributed by atoms with Crippen LogP contribution in [0.4, 0.5) is 20.6 Å². The molecular formula is C29H25FN4O5. The average Bonchev–Trinajstić information content (AvgIpc) is 3.41. The minimum absolute atomic E-state index is 0.151. The van der Waals surface area contributed by atoms with Crippen molar-refractivity contribution in [3.05, 3.63) is 83.7 Å². The van der Waals surface area contributed by atoms with Crippen molar-refractivity contribution in [2.24, 2.45) is 5.41 Å². The zero-order valence-electron chi connectivity index (χ0n) is 20.9. The Morgan fingerprint density at radius 3 is 2.59 bits per heavy atom. The number of benzene rings is 3. The second-order valence-electron chi connectivity index (χ2n) is 10.3. The number of hydrogen-bond donors (Lipinski definition) is 1. The molecule has 0 aliphatic carbocycles. The highest BCUT2D eigenvalue weighted by Gasteiger charge is 2.63. The van der Waals surface area contributed by atoms with Gasteiger partial charge >= 0.3 is 6.03 Å². The van der Waals surface area contributed by atoms with Crippen LogP contribution in [-0.2, 0) is 22.6 Å². The van der Waals surface area contributed by atoms with Crippen LogP contribution in [0.1, 0.15) is 11.1 Å². The van der Waals surface area contributed by atoms with Crippen LogP contribution < -0.4 is 24.6 Å². The molecule has 2 saturated heterocycles. The lowest BCUT2D eigenvalue weighted by atomic mass is 9.67. The van der Waals surface area contributed by atoms with Crippen molar-refractivity contribution in [3.63, 3.8) is 0 Å². The molecular weight excluding hydrogens is 503 g/mol. The van der Waals surface area contributed by atoms with Gasteiger partial charge in [0.2, 0.25) is 12.7 Å². The molecule has 4 aliphatic rings.